The third-order valence-electron chi connectivity index (χ3n) is 2.98. The minimum absolute atomic E-state index is 0.0657. The van der Waals surface area contributed by atoms with Crippen LogP contribution in [0.2, 0.25) is 0 Å². The molecule has 0 saturated carbocycles. The standard InChI is InChI=1S/C13H23N3OS/c1-6-10(4)16(5)13(17)14-12-8-11(15-18-12)7-9(2)3/h8-10H,6-7H2,1-5H3,(H,14,17). The second-order valence-electron chi connectivity index (χ2n) is 5.08. The maximum Gasteiger partial charge on any atom is 0.322 e. The predicted molar refractivity (Wildman–Crippen MR) is 77.2 cm³/mol. The highest BCUT2D eigenvalue weighted by Gasteiger charge is 2.15. The second-order valence-corrected chi connectivity index (χ2v) is 5.88. The summed E-state index contributed by atoms with van der Waals surface area (Å²) >= 11 is 1.35. The molecule has 5 heteroatoms. The van der Waals surface area contributed by atoms with E-state index < -0.39 is 0 Å². The molecule has 0 aromatic carbocycles. The van der Waals surface area contributed by atoms with Crippen LogP contribution in [0.4, 0.5) is 9.80 Å². The zero-order chi connectivity index (χ0) is 13.7. The van der Waals surface area contributed by atoms with Crippen molar-refractivity contribution in [2.45, 2.75) is 46.6 Å². The first kappa shape index (κ1) is 15.0. The van der Waals surface area contributed by atoms with Gasteiger partial charge in [0.1, 0.15) is 5.00 Å². The van der Waals surface area contributed by atoms with Crippen LogP contribution in [-0.2, 0) is 6.42 Å². The number of hydrogen-bond acceptors (Lipinski definition) is 3. The Labute approximate surface area is 114 Å². The number of carbonyl (C=O) groups excluding carboxylic acids is 1. The van der Waals surface area contributed by atoms with Crippen LogP contribution < -0.4 is 5.32 Å². The van der Waals surface area contributed by atoms with E-state index in [-0.39, 0.29) is 12.1 Å². The quantitative estimate of drug-likeness (QED) is 0.887. The van der Waals surface area contributed by atoms with Gasteiger partial charge in [-0.05, 0) is 43.3 Å². The summed E-state index contributed by atoms with van der Waals surface area (Å²) in [4.78, 5) is 13.7. The number of aromatic nitrogens is 1. The highest BCUT2D eigenvalue weighted by atomic mass is 32.1. The van der Waals surface area contributed by atoms with Crippen molar-refractivity contribution in [3.05, 3.63) is 11.8 Å². The van der Waals surface area contributed by atoms with Gasteiger partial charge < -0.3 is 4.90 Å². The molecule has 1 atom stereocenters. The third-order valence-corrected chi connectivity index (χ3v) is 3.72. The lowest BCUT2D eigenvalue weighted by molar-refractivity contribution is 0.206. The minimum Gasteiger partial charge on any atom is -0.325 e. The Balaban J connectivity index is 2.57. The minimum atomic E-state index is -0.0657. The number of nitrogens with zero attached hydrogens (tertiary/aromatic N) is 2. The van der Waals surface area contributed by atoms with Crippen molar-refractivity contribution in [1.29, 1.82) is 0 Å². The van der Waals surface area contributed by atoms with Crippen molar-refractivity contribution in [2.75, 3.05) is 12.4 Å². The van der Waals surface area contributed by atoms with Crippen LogP contribution in [0.1, 0.15) is 39.8 Å². The summed E-state index contributed by atoms with van der Waals surface area (Å²) in [6, 6.07) is 2.14. The van der Waals surface area contributed by atoms with Crippen molar-refractivity contribution in [3.8, 4) is 0 Å². The number of carbonyl (C=O) groups is 1. The molecule has 1 heterocycles. The second kappa shape index (κ2) is 6.73. The van der Waals surface area contributed by atoms with E-state index >= 15 is 0 Å². The van der Waals surface area contributed by atoms with Crippen LogP contribution in [0.5, 0.6) is 0 Å². The Morgan fingerprint density at radius 2 is 2.17 bits per heavy atom. The number of urea groups is 1. The fraction of sp³-hybridized carbons (Fsp3) is 0.692. The zero-order valence-corrected chi connectivity index (χ0v) is 12.7. The summed E-state index contributed by atoms with van der Waals surface area (Å²) in [5.74, 6) is 0.582. The van der Waals surface area contributed by atoms with Gasteiger partial charge in [-0.3, -0.25) is 5.32 Å². The number of anilines is 1. The molecule has 18 heavy (non-hydrogen) atoms. The van der Waals surface area contributed by atoms with Crippen molar-refractivity contribution < 1.29 is 4.79 Å². The Kier molecular flexibility index (Phi) is 5.59. The van der Waals surface area contributed by atoms with Crippen molar-refractivity contribution >= 4 is 22.6 Å². The van der Waals surface area contributed by atoms with E-state index in [1.54, 1.807) is 4.90 Å². The van der Waals surface area contributed by atoms with E-state index in [9.17, 15) is 4.79 Å². The summed E-state index contributed by atoms with van der Waals surface area (Å²) in [6.07, 6.45) is 1.90. The van der Waals surface area contributed by atoms with E-state index in [2.05, 4.69) is 30.5 Å². The molecule has 0 saturated heterocycles. The van der Waals surface area contributed by atoms with E-state index in [1.807, 2.05) is 20.0 Å². The summed E-state index contributed by atoms with van der Waals surface area (Å²) in [6.45, 7) is 8.43. The van der Waals surface area contributed by atoms with Crippen molar-refractivity contribution in [2.24, 2.45) is 5.92 Å². The highest BCUT2D eigenvalue weighted by molar-refractivity contribution is 7.10. The molecule has 2 amide bonds. The molecule has 0 radical (unpaired) electrons. The molecule has 0 aliphatic heterocycles. The van der Waals surface area contributed by atoms with Crippen LogP contribution in [0, 0.1) is 5.92 Å². The van der Waals surface area contributed by atoms with Gasteiger partial charge in [0, 0.05) is 13.1 Å². The first-order valence-electron chi connectivity index (χ1n) is 6.43. The van der Waals surface area contributed by atoms with Gasteiger partial charge in [0.15, 0.2) is 0 Å². The van der Waals surface area contributed by atoms with Crippen molar-refractivity contribution in [1.82, 2.24) is 9.27 Å². The molecule has 1 rings (SSSR count). The van der Waals surface area contributed by atoms with Gasteiger partial charge in [0.05, 0.1) is 5.69 Å². The smallest absolute Gasteiger partial charge is 0.322 e. The van der Waals surface area contributed by atoms with Crippen LogP contribution in [-0.4, -0.2) is 28.4 Å². The van der Waals surface area contributed by atoms with Crippen LogP contribution in [0.3, 0.4) is 0 Å². The maximum atomic E-state index is 11.9. The lowest BCUT2D eigenvalue weighted by Gasteiger charge is -2.23. The lowest BCUT2D eigenvalue weighted by Crippen LogP contribution is -2.37. The summed E-state index contributed by atoms with van der Waals surface area (Å²) in [7, 11) is 1.82. The molecule has 0 spiro atoms. The van der Waals surface area contributed by atoms with E-state index in [4.69, 9.17) is 0 Å². The van der Waals surface area contributed by atoms with Crippen molar-refractivity contribution in [3.63, 3.8) is 0 Å². The average Bonchev–Trinajstić information content (AvgIpc) is 2.73. The number of amides is 2. The first-order valence-corrected chi connectivity index (χ1v) is 7.20. The SMILES string of the molecule is CCC(C)N(C)C(=O)Nc1cc(CC(C)C)ns1. The molecule has 4 nitrogen and oxygen atoms in total. The Hall–Kier alpha value is -1.10. The molecule has 1 aromatic heterocycles. The molecule has 1 N–H and O–H groups in total. The molecule has 0 fully saturated rings. The fourth-order valence-electron chi connectivity index (χ4n) is 1.55. The third kappa shape index (κ3) is 4.29. The first-order chi connectivity index (χ1) is 8.43. The number of hydrogen-bond donors (Lipinski definition) is 1. The van der Waals surface area contributed by atoms with Gasteiger partial charge in [-0.2, -0.15) is 4.37 Å². The zero-order valence-electron chi connectivity index (χ0n) is 11.9. The largest absolute Gasteiger partial charge is 0.325 e. The van der Waals surface area contributed by atoms with E-state index in [0.717, 1.165) is 23.5 Å². The molecular formula is C13H23N3OS. The molecule has 1 aromatic rings. The Morgan fingerprint density at radius 1 is 1.50 bits per heavy atom. The van der Waals surface area contributed by atoms with Gasteiger partial charge in [-0.15, -0.1) is 0 Å². The number of rotatable bonds is 5. The maximum absolute atomic E-state index is 11.9. The monoisotopic (exact) mass is 269 g/mol. The molecule has 0 aliphatic rings. The normalized spacial score (nSPS) is 12.6. The lowest BCUT2D eigenvalue weighted by atomic mass is 10.1. The fourth-order valence-corrected chi connectivity index (χ4v) is 2.22. The Bertz CT molecular complexity index is 389. The van der Waals surface area contributed by atoms with Crippen LogP contribution in [0.15, 0.2) is 6.07 Å². The van der Waals surface area contributed by atoms with Crippen LogP contribution in [0.25, 0.3) is 0 Å². The topological polar surface area (TPSA) is 45.2 Å². The van der Waals surface area contributed by atoms with Gasteiger partial charge in [-0.1, -0.05) is 20.8 Å². The molecule has 0 aliphatic carbocycles. The molecule has 102 valence electrons. The van der Waals surface area contributed by atoms with Crippen LogP contribution >= 0.6 is 11.5 Å². The van der Waals surface area contributed by atoms with Gasteiger partial charge in [-0.25, -0.2) is 4.79 Å². The average molecular weight is 269 g/mol. The Morgan fingerprint density at radius 3 is 2.72 bits per heavy atom. The van der Waals surface area contributed by atoms with E-state index in [1.165, 1.54) is 11.5 Å². The predicted octanol–water partition coefficient (Wildman–Crippen LogP) is 3.60. The van der Waals surface area contributed by atoms with Gasteiger partial charge in [0.25, 0.3) is 0 Å². The summed E-state index contributed by atoms with van der Waals surface area (Å²) in [5, 5.41) is 3.72. The van der Waals surface area contributed by atoms with E-state index in [0.29, 0.717) is 5.92 Å². The summed E-state index contributed by atoms with van der Waals surface area (Å²) < 4.78 is 4.34. The molecular weight excluding hydrogens is 246 g/mol. The number of nitrogens with one attached hydrogen (secondary N) is 1. The summed E-state index contributed by atoms with van der Waals surface area (Å²) in [5.41, 5.74) is 1.05. The van der Waals surface area contributed by atoms with Gasteiger partial charge in [0.2, 0.25) is 0 Å². The van der Waals surface area contributed by atoms with Gasteiger partial charge >= 0.3 is 6.03 Å². The highest BCUT2D eigenvalue weighted by Crippen LogP contribution is 2.19. The molecule has 0 bridgehead atoms. The molecule has 1 unspecified atom stereocenters.